The first-order valence-corrected chi connectivity index (χ1v) is 6.41. The van der Waals surface area contributed by atoms with Crippen molar-refractivity contribution < 1.29 is 9.53 Å². The highest BCUT2D eigenvalue weighted by molar-refractivity contribution is 5.70. The van der Waals surface area contributed by atoms with Gasteiger partial charge in [0, 0.05) is 5.54 Å². The van der Waals surface area contributed by atoms with Crippen LogP contribution in [0.25, 0.3) is 0 Å². The van der Waals surface area contributed by atoms with Crippen LogP contribution < -0.4 is 5.32 Å². The first-order chi connectivity index (χ1) is 7.65. The number of carbonyl (C=O) groups excluding carboxylic acids is 1. The predicted octanol–water partition coefficient (Wildman–Crippen LogP) is 2.50. The highest BCUT2D eigenvalue weighted by Gasteiger charge is 2.35. The van der Waals surface area contributed by atoms with Gasteiger partial charge in [0.1, 0.15) is 0 Å². The van der Waals surface area contributed by atoms with Gasteiger partial charge in [-0.05, 0) is 38.6 Å². The molecule has 0 spiro atoms. The minimum Gasteiger partial charge on any atom is -0.469 e. The maximum absolute atomic E-state index is 11.4. The molecule has 0 saturated heterocycles. The van der Waals surface area contributed by atoms with Crippen LogP contribution in [0.2, 0.25) is 0 Å². The zero-order valence-corrected chi connectivity index (χ0v) is 10.8. The van der Waals surface area contributed by atoms with Gasteiger partial charge >= 0.3 is 5.97 Å². The Morgan fingerprint density at radius 3 is 2.50 bits per heavy atom. The van der Waals surface area contributed by atoms with Crippen molar-refractivity contribution >= 4 is 5.97 Å². The van der Waals surface area contributed by atoms with E-state index in [2.05, 4.69) is 12.2 Å². The summed E-state index contributed by atoms with van der Waals surface area (Å²) in [5.74, 6) is 0.771. The van der Waals surface area contributed by atoms with Gasteiger partial charge in [-0.1, -0.05) is 19.8 Å². The van der Waals surface area contributed by atoms with Crippen LogP contribution in [-0.4, -0.2) is 25.7 Å². The smallest absolute Gasteiger partial charge is 0.307 e. The Kier molecular flexibility index (Phi) is 5.26. The first kappa shape index (κ1) is 13.5. The number of ether oxygens (including phenoxy) is 1. The van der Waals surface area contributed by atoms with E-state index in [1.165, 1.54) is 32.8 Å². The number of rotatable bonds is 5. The van der Waals surface area contributed by atoms with Gasteiger partial charge in [-0.3, -0.25) is 4.79 Å². The average Bonchev–Trinajstić information content (AvgIpc) is 2.32. The van der Waals surface area contributed by atoms with Gasteiger partial charge in [0.2, 0.25) is 0 Å². The molecule has 0 aliphatic heterocycles. The molecule has 1 saturated carbocycles. The molecular weight excluding hydrogens is 202 g/mol. The van der Waals surface area contributed by atoms with Crippen LogP contribution in [0.4, 0.5) is 0 Å². The highest BCUT2D eigenvalue weighted by atomic mass is 16.5. The molecule has 1 rings (SSSR count). The van der Waals surface area contributed by atoms with Crippen molar-refractivity contribution in [2.75, 3.05) is 14.2 Å². The van der Waals surface area contributed by atoms with E-state index < -0.39 is 0 Å². The molecule has 0 bridgehead atoms. The molecule has 0 unspecified atom stereocenters. The van der Waals surface area contributed by atoms with E-state index in [0.717, 1.165) is 18.8 Å². The summed E-state index contributed by atoms with van der Waals surface area (Å²) in [7, 11) is 3.43. The fourth-order valence-corrected chi connectivity index (χ4v) is 2.79. The second-order valence-electron chi connectivity index (χ2n) is 5.02. The fraction of sp³-hybridized carbons (Fsp3) is 0.923. The quantitative estimate of drug-likeness (QED) is 0.733. The third-order valence-electron chi connectivity index (χ3n) is 4.00. The maximum atomic E-state index is 11.4. The van der Waals surface area contributed by atoms with E-state index >= 15 is 0 Å². The Morgan fingerprint density at radius 1 is 1.44 bits per heavy atom. The summed E-state index contributed by atoms with van der Waals surface area (Å²) in [5, 5.41) is 3.34. The molecule has 16 heavy (non-hydrogen) atoms. The first-order valence-electron chi connectivity index (χ1n) is 6.41. The van der Waals surface area contributed by atoms with E-state index in [9.17, 15) is 4.79 Å². The Labute approximate surface area is 98.9 Å². The Morgan fingerprint density at radius 2 is 2.06 bits per heavy atom. The van der Waals surface area contributed by atoms with Crippen LogP contribution in [0, 0.1) is 5.92 Å². The van der Waals surface area contributed by atoms with Crippen LogP contribution in [0.15, 0.2) is 0 Å². The second kappa shape index (κ2) is 6.24. The molecule has 0 amide bonds. The molecule has 0 atom stereocenters. The molecule has 1 aliphatic rings. The summed E-state index contributed by atoms with van der Waals surface area (Å²) < 4.78 is 4.78. The number of carbonyl (C=O) groups is 1. The number of hydrogen-bond donors (Lipinski definition) is 1. The predicted molar refractivity (Wildman–Crippen MR) is 65.3 cm³/mol. The molecule has 1 N–H and O–H groups in total. The van der Waals surface area contributed by atoms with Crippen molar-refractivity contribution in [1.29, 1.82) is 0 Å². The summed E-state index contributed by atoms with van der Waals surface area (Å²) in [4.78, 5) is 11.4. The van der Waals surface area contributed by atoms with Crippen LogP contribution in [-0.2, 0) is 9.53 Å². The fourth-order valence-electron chi connectivity index (χ4n) is 2.79. The summed E-state index contributed by atoms with van der Waals surface area (Å²) >= 11 is 0. The topological polar surface area (TPSA) is 38.3 Å². The monoisotopic (exact) mass is 227 g/mol. The SMILES string of the molecule is CCCC1CCC(CC(=O)OC)(NC)CC1. The van der Waals surface area contributed by atoms with Gasteiger partial charge in [-0.15, -0.1) is 0 Å². The van der Waals surface area contributed by atoms with Gasteiger partial charge in [0.25, 0.3) is 0 Å². The Hall–Kier alpha value is -0.570. The lowest BCUT2D eigenvalue weighted by molar-refractivity contribution is -0.142. The Bertz CT molecular complexity index is 220. The second-order valence-corrected chi connectivity index (χ2v) is 5.02. The Balaban J connectivity index is 2.47. The zero-order chi connectivity index (χ0) is 12.0. The van der Waals surface area contributed by atoms with E-state index in [4.69, 9.17) is 4.74 Å². The van der Waals surface area contributed by atoms with E-state index in [0.29, 0.717) is 6.42 Å². The lowest BCUT2D eigenvalue weighted by Crippen LogP contribution is -2.47. The van der Waals surface area contributed by atoms with Crippen molar-refractivity contribution in [2.45, 2.75) is 57.4 Å². The molecule has 0 aromatic rings. The normalized spacial score (nSPS) is 30.1. The van der Waals surface area contributed by atoms with Crippen LogP contribution in [0.5, 0.6) is 0 Å². The molecule has 3 heteroatoms. The van der Waals surface area contributed by atoms with Crippen molar-refractivity contribution in [2.24, 2.45) is 5.92 Å². The van der Waals surface area contributed by atoms with E-state index in [-0.39, 0.29) is 11.5 Å². The van der Waals surface area contributed by atoms with Gasteiger partial charge in [-0.2, -0.15) is 0 Å². The van der Waals surface area contributed by atoms with Crippen molar-refractivity contribution in [3.05, 3.63) is 0 Å². The van der Waals surface area contributed by atoms with Crippen molar-refractivity contribution in [3.8, 4) is 0 Å². The van der Waals surface area contributed by atoms with Crippen LogP contribution in [0.3, 0.4) is 0 Å². The molecule has 0 heterocycles. The summed E-state index contributed by atoms with van der Waals surface area (Å²) in [6.07, 6.45) is 7.80. The minimum absolute atomic E-state index is 0.00264. The van der Waals surface area contributed by atoms with Crippen molar-refractivity contribution in [3.63, 3.8) is 0 Å². The standard InChI is InChI=1S/C13H25NO2/c1-4-5-11-6-8-13(14-2,9-7-11)10-12(15)16-3/h11,14H,4-10H2,1-3H3. The van der Waals surface area contributed by atoms with Crippen LogP contribution in [0.1, 0.15) is 51.9 Å². The average molecular weight is 227 g/mol. The van der Waals surface area contributed by atoms with E-state index in [1.807, 2.05) is 7.05 Å². The zero-order valence-electron chi connectivity index (χ0n) is 10.8. The molecule has 0 aromatic heterocycles. The third-order valence-corrected chi connectivity index (χ3v) is 4.00. The highest BCUT2D eigenvalue weighted by Crippen LogP contribution is 2.36. The lowest BCUT2D eigenvalue weighted by Gasteiger charge is -2.39. The summed E-state index contributed by atoms with van der Waals surface area (Å²) in [5.41, 5.74) is -0.00264. The molecule has 1 aliphatic carbocycles. The lowest BCUT2D eigenvalue weighted by atomic mass is 9.73. The molecule has 1 fully saturated rings. The molecule has 0 radical (unpaired) electrons. The van der Waals surface area contributed by atoms with Gasteiger partial charge < -0.3 is 10.1 Å². The van der Waals surface area contributed by atoms with Crippen LogP contribution >= 0.6 is 0 Å². The molecule has 94 valence electrons. The number of esters is 1. The third kappa shape index (κ3) is 3.48. The van der Waals surface area contributed by atoms with Crippen molar-refractivity contribution in [1.82, 2.24) is 5.32 Å². The van der Waals surface area contributed by atoms with Gasteiger partial charge in [0.15, 0.2) is 0 Å². The summed E-state index contributed by atoms with van der Waals surface area (Å²) in [6, 6.07) is 0. The number of nitrogens with one attached hydrogen (secondary N) is 1. The van der Waals surface area contributed by atoms with E-state index in [1.54, 1.807) is 0 Å². The minimum atomic E-state index is -0.0942. The largest absolute Gasteiger partial charge is 0.469 e. The summed E-state index contributed by atoms with van der Waals surface area (Å²) in [6.45, 7) is 2.24. The number of methoxy groups -OCH3 is 1. The molecular formula is C13H25NO2. The van der Waals surface area contributed by atoms with Gasteiger partial charge in [-0.25, -0.2) is 0 Å². The maximum Gasteiger partial charge on any atom is 0.307 e. The van der Waals surface area contributed by atoms with Gasteiger partial charge in [0.05, 0.1) is 13.5 Å². The molecule has 0 aromatic carbocycles. The molecule has 3 nitrogen and oxygen atoms in total. The number of hydrogen-bond acceptors (Lipinski definition) is 3.